The SMILES string of the molecule is COc1ccccc1OC(C)c1nc(N)nc(C)c1C(=O)NN. The lowest BCUT2D eigenvalue weighted by atomic mass is 10.1. The Balaban J connectivity index is 2.42. The van der Waals surface area contributed by atoms with Crippen LogP contribution in [0, 0.1) is 6.92 Å². The number of benzene rings is 1. The lowest BCUT2D eigenvalue weighted by Crippen LogP contribution is -2.33. The molecular weight excluding hydrogens is 298 g/mol. The molecule has 2 rings (SSSR count). The molecule has 0 fully saturated rings. The summed E-state index contributed by atoms with van der Waals surface area (Å²) in [6, 6.07) is 7.18. The number of amides is 1. The number of rotatable bonds is 5. The van der Waals surface area contributed by atoms with Crippen molar-refractivity contribution in [2.45, 2.75) is 20.0 Å². The summed E-state index contributed by atoms with van der Waals surface area (Å²) < 4.78 is 11.1. The van der Waals surface area contributed by atoms with E-state index in [9.17, 15) is 4.79 Å². The minimum absolute atomic E-state index is 0.0570. The normalized spacial score (nSPS) is 11.7. The van der Waals surface area contributed by atoms with Crippen molar-refractivity contribution in [3.63, 3.8) is 0 Å². The Kier molecular flexibility index (Phi) is 4.97. The van der Waals surface area contributed by atoms with Gasteiger partial charge in [-0.25, -0.2) is 15.8 Å². The van der Waals surface area contributed by atoms with Crippen LogP contribution >= 0.6 is 0 Å². The molecule has 1 aromatic carbocycles. The van der Waals surface area contributed by atoms with E-state index in [1.54, 1.807) is 33.1 Å². The third-order valence-corrected chi connectivity index (χ3v) is 3.25. The Morgan fingerprint density at radius 2 is 1.91 bits per heavy atom. The van der Waals surface area contributed by atoms with Gasteiger partial charge in [-0.2, -0.15) is 0 Å². The molecule has 0 spiro atoms. The highest BCUT2D eigenvalue weighted by atomic mass is 16.5. The fourth-order valence-corrected chi connectivity index (χ4v) is 2.23. The number of nitrogens with one attached hydrogen (secondary N) is 1. The number of hydrogen-bond acceptors (Lipinski definition) is 7. The lowest BCUT2D eigenvalue weighted by molar-refractivity contribution is 0.0946. The molecule has 8 heteroatoms. The summed E-state index contributed by atoms with van der Waals surface area (Å²) in [4.78, 5) is 20.1. The van der Waals surface area contributed by atoms with Gasteiger partial charge in [-0.3, -0.25) is 10.2 Å². The first-order valence-electron chi connectivity index (χ1n) is 6.92. The van der Waals surface area contributed by atoms with Gasteiger partial charge < -0.3 is 15.2 Å². The fourth-order valence-electron chi connectivity index (χ4n) is 2.23. The molecule has 1 unspecified atom stereocenters. The average molecular weight is 317 g/mol. The summed E-state index contributed by atoms with van der Waals surface area (Å²) in [7, 11) is 1.55. The van der Waals surface area contributed by atoms with Gasteiger partial charge in [0, 0.05) is 0 Å². The van der Waals surface area contributed by atoms with Crippen LogP contribution in [0.5, 0.6) is 11.5 Å². The number of ether oxygens (including phenoxy) is 2. The van der Waals surface area contributed by atoms with Gasteiger partial charge in [-0.05, 0) is 26.0 Å². The quantitative estimate of drug-likeness (QED) is 0.428. The highest BCUT2D eigenvalue weighted by Gasteiger charge is 2.23. The molecule has 0 saturated heterocycles. The van der Waals surface area contributed by atoms with Crippen molar-refractivity contribution in [2.24, 2.45) is 5.84 Å². The number of nitrogen functional groups attached to an aromatic ring is 2. The van der Waals surface area contributed by atoms with Gasteiger partial charge >= 0.3 is 0 Å². The number of hydrazine groups is 1. The second-order valence-electron chi connectivity index (χ2n) is 4.81. The molecule has 122 valence electrons. The second-order valence-corrected chi connectivity index (χ2v) is 4.81. The van der Waals surface area contributed by atoms with Crippen LogP contribution < -0.4 is 26.5 Å². The number of carbonyl (C=O) groups is 1. The summed E-state index contributed by atoms with van der Waals surface area (Å²) in [6.07, 6.45) is -0.567. The number of para-hydroxylation sites is 2. The lowest BCUT2D eigenvalue weighted by Gasteiger charge is -2.19. The van der Waals surface area contributed by atoms with E-state index in [0.717, 1.165) is 0 Å². The minimum atomic E-state index is -0.567. The molecule has 1 aromatic heterocycles. The van der Waals surface area contributed by atoms with E-state index in [4.69, 9.17) is 21.1 Å². The Bertz CT molecular complexity index is 720. The summed E-state index contributed by atoms with van der Waals surface area (Å²) in [6.45, 7) is 3.41. The summed E-state index contributed by atoms with van der Waals surface area (Å²) in [5.74, 6) is 5.88. The third-order valence-electron chi connectivity index (χ3n) is 3.25. The monoisotopic (exact) mass is 317 g/mol. The number of hydrogen-bond donors (Lipinski definition) is 3. The highest BCUT2D eigenvalue weighted by molar-refractivity contribution is 5.96. The average Bonchev–Trinajstić information content (AvgIpc) is 2.54. The number of anilines is 1. The number of nitrogens with zero attached hydrogens (tertiary/aromatic N) is 2. The molecule has 0 aliphatic carbocycles. The van der Waals surface area contributed by atoms with Gasteiger partial charge in [-0.1, -0.05) is 12.1 Å². The summed E-state index contributed by atoms with van der Waals surface area (Å²) >= 11 is 0. The third kappa shape index (κ3) is 3.49. The van der Waals surface area contributed by atoms with E-state index in [1.165, 1.54) is 0 Å². The number of carbonyl (C=O) groups excluding carboxylic acids is 1. The van der Waals surface area contributed by atoms with Crippen LogP contribution in [0.3, 0.4) is 0 Å². The van der Waals surface area contributed by atoms with Crippen molar-refractivity contribution >= 4 is 11.9 Å². The molecule has 0 bridgehead atoms. The van der Waals surface area contributed by atoms with Crippen molar-refractivity contribution in [2.75, 3.05) is 12.8 Å². The molecule has 1 amide bonds. The van der Waals surface area contributed by atoms with Crippen LogP contribution in [0.2, 0.25) is 0 Å². The smallest absolute Gasteiger partial charge is 0.269 e. The Labute approximate surface area is 133 Å². The number of aryl methyl sites for hydroxylation is 1. The zero-order valence-corrected chi connectivity index (χ0v) is 13.2. The second kappa shape index (κ2) is 6.93. The van der Waals surface area contributed by atoms with Crippen LogP contribution in [0.1, 0.15) is 34.8 Å². The first-order chi connectivity index (χ1) is 11.0. The van der Waals surface area contributed by atoms with E-state index >= 15 is 0 Å². The van der Waals surface area contributed by atoms with Gasteiger partial charge in [-0.15, -0.1) is 0 Å². The van der Waals surface area contributed by atoms with E-state index in [2.05, 4.69) is 15.4 Å². The van der Waals surface area contributed by atoms with Crippen molar-refractivity contribution in [1.29, 1.82) is 0 Å². The van der Waals surface area contributed by atoms with Crippen LogP contribution in [0.25, 0.3) is 0 Å². The predicted octanol–water partition coefficient (Wildman–Crippen LogP) is 1.12. The van der Waals surface area contributed by atoms with Gasteiger partial charge in [0.1, 0.15) is 6.10 Å². The molecule has 0 radical (unpaired) electrons. The van der Waals surface area contributed by atoms with Crippen LogP contribution in [-0.2, 0) is 0 Å². The number of methoxy groups -OCH3 is 1. The zero-order chi connectivity index (χ0) is 17.0. The molecule has 0 aliphatic heterocycles. The Morgan fingerprint density at radius 1 is 1.26 bits per heavy atom. The number of nitrogens with two attached hydrogens (primary N) is 2. The first-order valence-corrected chi connectivity index (χ1v) is 6.92. The van der Waals surface area contributed by atoms with Gasteiger partial charge in [0.2, 0.25) is 5.95 Å². The zero-order valence-electron chi connectivity index (χ0n) is 13.2. The summed E-state index contributed by atoms with van der Waals surface area (Å²) in [5, 5.41) is 0. The molecular formula is C15H19N5O3. The van der Waals surface area contributed by atoms with Gasteiger partial charge in [0.05, 0.1) is 24.1 Å². The molecule has 2 aromatic rings. The van der Waals surface area contributed by atoms with Crippen molar-refractivity contribution < 1.29 is 14.3 Å². The maximum absolute atomic E-state index is 12.0. The predicted molar refractivity (Wildman–Crippen MR) is 84.9 cm³/mol. The molecule has 23 heavy (non-hydrogen) atoms. The minimum Gasteiger partial charge on any atom is -0.493 e. The molecule has 8 nitrogen and oxygen atoms in total. The van der Waals surface area contributed by atoms with E-state index < -0.39 is 12.0 Å². The van der Waals surface area contributed by atoms with Crippen molar-refractivity contribution in [1.82, 2.24) is 15.4 Å². The van der Waals surface area contributed by atoms with Gasteiger partial charge in [0.15, 0.2) is 11.5 Å². The Morgan fingerprint density at radius 3 is 2.52 bits per heavy atom. The molecule has 1 heterocycles. The van der Waals surface area contributed by atoms with Crippen LogP contribution in [-0.4, -0.2) is 23.0 Å². The topological polar surface area (TPSA) is 125 Å². The molecule has 0 aliphatic rings. The number of aromatic nitrogens is 2. The van der Waals surface area contributed by atoms with Crippen LogP contribution in [0.15, 0.2) is 24.3 Å². The maximum atomic E-state index is 12.0. The van der Waals surface area contributed by atoms with E-state index in [1.807, 2.05) is 12.1 Å². The largest absolute Gasteiger partial charge is 0.493 e. The highest BCUT2D eigenvalue weighted by Crippen LogP contribution is 2.31. The molecule has 5 N–H and O–H groups in total. The first kappa shape index (κ1) is 16.5. The van der Waals surface area contributed by atoms with Crippen molar-refractivity contribution in [3.8, 4) is 11.5 Å². The summed E-state index contributed by atoms with van der Waals surface area (Å²) in [5.41, 5.74) is 8.79. The van der Waals surface area contributed by atoms with E-state index in [-0.39, 0.29) is 11.5 Å². The van der Waals surface area contributed by atoms with Gasteiger partial charge in [0.25, 0.3) is 5.91 Å². The Hall–Kier alpha value is -2.87. The van der Waals surface area contributed by atoms with Crippen LogP contribution in [0.4, 0.5) is 5.95 Å². The molecule has 1 atom stereocenters. The maximum Gasteiger partial charge on any atom is 0.269 e. The standard InChI is InChI=1S/C15H19N5O3/c1-8-12(14(21)20-17)13(19-15(16)18-8)9(2)23-11-7-5-4-6-10(11)22-3/h4-7,9H,17H2,1-3H3,(H,20,21)(H2,16,18,19). The fraction of sp³-hybridized carbons (Fsp3) is 0.267. The van der Waals surface area contributed by atoms with Crippen molar-refractivity contribution in [3.05, 3.63) is 41.2 Å². The van der Waals surface area contributed by atoms with E-state index in [0.29, 0.717) is 22.9 Å². The molecule has 0 saturated carbocycles.